The van der Waals surface area contributed by atoms with Crippen molar-refractivity contribution in [3.8, 4) is 5.69 Å². The highest BCUT2D eigenvalue weighted by molar-refractivity contribution is 5.94. The molecule has 0 aliphatic carbocycles. The van der Waals surface area contributed by atoms with Gasteiger partial charge in [-0.15, -0.1) is 10.2 Å². The van der Waals surface area contributed by atoms with E-state index in [-0.39, 0.29) is 5.91 Å². The number of aryl methyl sites for hydroxylation is 1. The molecule has 0 spiro atoms. The average molecular weight is 320 g/mol. The van der Waals surface area contributed by atoms with Crippen molar-refractivity contribution in [3.63, 3.8) is 0 Å². The maximum absolute atomic E-state index is 12.7. The first-order valence-electron chi connectivity index (χ1n) is 7.82. The zero-order valence-corrected chi connectivity index (χ0v) is 13.3. The Labute approximate surface area is 139 Å². The highest BCUT2D eigenvalue weighted by Crippen LogP contribution is 2.22. The molecule has 1 amide bonds. The van der Waals surface area contributed by atoms with Crippen molar-refractivity contribution in [3.05, 3.63) is 65.8 Å². The van der Waals surface area contributed by atoms with E-state index in [9.17, 15) is 4.79 Å². The summed E-state index contributed by atoms with van der Waals surface area (Å²) in [4.78, 5) is 23.3. The van der Waals surface area contributed by atoms with Crippen molar-refractivity contribution < 1.29 is 4.79 Å². The van der Waals surface area contributed by atoms with Gasteiger partial charge in [-0.05, 0) is 24.3 Å². The summed E-state index contributed by atoms with van der Waals surface area (Å²) in [5.74, 6) is 0.822. The number of carbonyl (C=O) groups excluding carboxylic acids is 1. The second kappa shape index (κ2) is 5.84. The summed E-state index contributed by atoms with van der Waals surface area (Å²) in [5, 5.41) is 7.56. The van der Waals surface area contributed by atoms with Crippen LogP contribution < -0.4 is 0 Å². The summed E-state index contributed by atoms with van der Waals surface area (Å²) in [7, 11) is 0. The van der Waals surface area contributed by atoms with E-state index in [1.54, 1.807) is 22.1 Å². The molecule has 3 heterocycles. The normalized spacial score (nSPS) is 13.1. The fourth-order valence-electron chi connectivity index (χ4n) is 2.80. The summed E-state index contributed by atoms with van der Waals surface area (Å²) >= 11 is 0. The van der Waals surface area contributed by atoms with Gasteiger partial charge in [0.25, 0.3) is 5.91 Å². The van der Waals surface area contributed by atoms with Gasteiger partial charge in [-0.25, -0.2) is 9.97 Å². The molecule has 0 atom stereocenters. The Balaban J connectivity index is 1.52. The van der Waals surface area contributed by atoms with Gasteiger partial charge in [-0.1, -0.05) is 6.92 Å². The van der Waals surface area contributed by atoms with Gasteiger partial charge in [0.05, 0.1) is 12.2 Å². The fourth-order valence-corrected chi connectivity index (χ4v) is 2.80. The zero-order valence-electron chi connectivity index (χ0n) is 13.3. The van der Waals surface area contributed by atoms with Crippen molar-refractivity contribution in [2.75, 3.05) is 0 Å². The second-order valence-electron chi connectivity index (χ2n) is 5.69. The average Bonchev–Trinajstić information content (AvgIpc) is 3.30. The predicted octanol–water partition coefficient (Wildman–Crippen LogP) is 1.78. The number of rotatable bonds is 3. The van der Waals surface area contributed by atoms with Gasteiger partial charge in [0.1, 0.15) is 18.5 Å². The molecule has 4 rings (SSSR count). The highest BCUT2D eigenvalue weighted by atomic mass is 16.2. The Bertz CT molecular complexity index is 873. The SMILES string of the molecule is CCc1ncc2c(n1)CN(C(=O)c1ccc(-n3cnnc3)cc1)C2. The Hall–Kier alpha value is -3.09. The van der Waals surface area contributed by atoms with Crippen LogP contribution in [0.2, 0.25) is 0 Å². The van der Waals surface area contributed by atoms with E-state index < -0.39 is 0 Å². The Morgan fingerprint density at radius 1 is 1.12 bits per heavy atom. The molecule has 1 aliphatic rings. The van der Waals surface area contributed by atoms with Gasteiger partial charge in [-0.2, -0.15) is 0 Å². The first kappa shape index (κ1) is 14.5. The summed E-state index contributed by atoms with van der Waals surface area (Å²) in [6.45, 7) is 3.12. The number of nitrogens with zero attached hydrogens (tertiary/aromatic N) is 6. The second-order valence-corrected chi connectivity index (χ2v) is 5.69. The van der Waals surface area contributed by atoms with Crippen molar-refractivity contribution in [2.45, 2.75) is 26.4 Å². The summed E-state index contributed by atoms with van der Waals surface area (Å²) < 4.78 is 1.79. The van der Waals surface area contributed by atoms with Crippen LogP contribution in [0.15, 0.2) is 43.1 Å². The molecule has 7 heteroatoms. The van der Waals surface area contributed by atoms with E-state index in [0.29, 0.717) is 18.7 Å². The summed E-state index contributed by atoms with van der Waals surface area (Å²) in [5.41, 5.74) is 3.56. The minimum absolute atomic E-state index is 0.00125. The lowest BCUT2D eigenvalue weighted by atomic mass is 10.2. The van der Waals surface area contributed by atoms with E-state index in [1.165, 1.54) is 0 Å². The quantitative estimate of drug-likeness (QED) is 0.735. The van der Waals surface area contributed by atoms with Crippen LogP contribution in [-0.2, 0) is 19.5 Å². The van der Waals surface area contributed by atoms with E-state index in [2.05, 4.69) is 20.2 Å². The molecule has 7 nitrogen and oxygen atoms in total. The van der Waals surface area contributed by atoms with Crippen LogP contribution in [0.3, 0.4) is 0 Å². The standard InChI is InChI=1S/C17H16N6O/c1-2-16-18-7-13-8-22(9-15(13)21-16)17(24)12-3-5-14(6-4-12)23-10-19-20-11-23/h3-7,10-11H,2,8-9H2,1H3. The van der Waals surface area contributed by atoms with Crippen molar-refractivity contribution in [1.82, 2.24) is 29.6 Å². The summed E-state index contributed by atoms with van der Waals surface area (Å²) in [6, 6.07) is 7.41. The van der Waals surface area contributed by atoms with Gasteiger partial charge in [-0.3, -0.25) is 9.36 Å². The number of carbonyl (C=O) groups is 1. The smallest absolute Gasteiger partial charge is 0.254 e. The number of benzene rings is 1. The van der Waals surface area contributed by atoms with Crippen LogP contribution in [-0.4, -0.2) is 35.5 Å². The largest absolute Gasteiger partial charge is 0.328 e. The van der Waals surface area contributed by atoms with Crippen LogP contribution in [0.4, 0.5) is 0 Å². The number of hydrogen-bond donors (Lipinski definition) is 0. The van der Waals surface area contributed by atoms with E-state index in [1.807, 2.05) is 37.4 Å². The maximum atomic E-state index is 12.7. The topological polar surface area (TPSA) is 76.8 Å². The van der Waals surface area contributed by atoms with Gasteiger partial charge in [0.15, 0.2) is 0 Å². The molecule has 120 valence electrons. The lowest BCUT2D eigenvalue weighted by Gasteiger charge is -2.15. The van der Waals surface area contributed by atoms with E-state index in [4.69, 9.17) is 0 Å². The molecule has 0 N–H and O–H groups in total. The number of amides is 1. The van der Waals surface area contributed by atoms with Crippen LogP contribution >= 0.6 is 0 Å². The third-order valence-corrected chi connectivity index (χ3v) is 4.14. The lowest BCUT2D eigenvalue weighted by molar-refractivity contribution is 0.0750. The third kappa shape index (κ3) is 2.54. The van der Waals surface area contributed by atoms with Crippen molar-refractivity contribution in [2.24, 2.45) is 0 Å². The minimum atomic E-state index is 0.00125. The molecular formula is C17H16N6O. The van der Waals surface area contributed by atoms with Gasteiger partial charge < -0.3 is 4.90 Å². The third-order valence-electron chi connectivity index (χ3n) is 4.14. The van der Waals surface area contributed by atoms with Gasteiger partial charge >= 0.3 is 0 Å². The predicted molar refractivity (Wildman–Crippen MR) is 86.3 cm³/mol. The summed E-state index contributed by atoms with van der Waals surface area (Å²) in [6.07, 6.45) is 5.88. The maximum Gasteiger partial charge on any atom is 0.254 e. The fraction of sp³-hybridized carbons (Fsp3) is 0.235. The van der Waals surface area contributed by atoms with Crippen LogP contribution in [0.25, 0.3) is 5.69 Å². The molecule has 1 aliphatic heterocycles. The van der Waals surface area contributed by atoms with Crippen LogP contribution in [0.5, 0.6) is 0 Å². The minimum Gasteiger partial charge on any atom is -0.328 e. The zero-order chi connectivity index (χ0) is 16.5. The highest BCUT2D eigenvalue weighted by Gasteiger charge is 2.25. The van der Waals surface area contributed by atoms with Gasteiger partial charge in [0, 0.05) is 36.0 Å². The van der Waals surface area contributed by atoms with Gasteiger partial charge in [0.2, 0.25) is 0 Å². The molecular weight excluding hydrogens is 304 g/mol. The molecule has 2 aromatic heterocycles. The van der Waals surface area contributed by atoms with Crippen molar-refractivity contribution in [1.29, 1.82) is 0 Å². The molecule has 0 unspecified atom stereocenters. The first-order chi connectivity index (χ1) is 11.7. The Kier molecular flexibility index (Phi) is 3.53. The molecule has 0 radical (unpaired) electrons. The Morgan fingerprint density at radius 3 is 2.58 bits per heavy atom. The molecule has 0 fully saturated rings. The van der Waals surface area contributed by atoms with Crippen LogP contribution in [0.1, 0.15) is 34.4 Å². The van der Waals surface area contributed by atoms with E-state index in [0.717, 1.165) is 29.2 Å². The molecule has 24 heavy (non-hydrogen) atoms. The molecule has 1 aromatic carbocycles. The Morgan fingerprint density at radius 2 is 1.88 bits per heavy atom. The molecule has 0 saturated carbocycles. The van der Waals surface area contributed by atoms with E-state index >= 15 is 0 Å². The van der Waals surface area contributed by atoms with Crippen molar-refractivity contribution >= 4 is 5.91 Å². The molecule has 0 saturated heterocycles. The number of hydrogen-bond acceptors (Lipinski definition) is 5. The number of aromatic nitrogens is 5. The number of fused-ring (bicyclic) bond motifs is 1. The molecule has 0 bridgehead atoms. The first-order valence-corrected chi connectivity index (χ1v) is 7.82. The monoisotopic (exact) mass is 320 g/mol. The lowest BCUT2D eigenvalue weighted by Crippen LogP contribution is -2.25. The van der Waals surface area contributed by atoms with Crippen LogP contribution in [0, 0.1) is 0 Å². The molecule has 3 aromatic rings.